The molecule has 56 valence electrons. The van der Waals surface area contributed by atoms with Crippen molar-refractivity contribution in [3.8, 4) is 0 Å². The van der Waals surface area contributed by atoms with Crippen LogP contribution < -0.4 is 0 Å². The summed E-state index contributed by atoms with van der Waals surface area (Å²) < 4.78 is 4.36. The second-order valence-corrected chi connectivity index (χ2v) is 1.37. The Hall–Kier alpha value is -1.85. The molecule has 0 N–H and O–H groups in total. The van der Waals surface area contributed by atoms with Crippen molar-refractivity contribution in [1.29, 1.82) is 0 Å². The molecule has 0 bridgehead atoms. The summed E-state index contributed by atoms with van der Waals surface area (Å²) in [5.74, 6) is 0. The van der Waals surface area contributed by atoms with Crippen LogP contribution in [0.15, 0.2) is 35.9 Å². The molecule has 0 fully saturated rings. The summed E-state index contributed by atoms with van der Waals surface area (Å²) in [5.41, 5.74) is 0. The second kappa shape index (κ2) is 4.98. The van der Waals surface area contributed by atoms with E-state index in [1.165, 1.54) is 25.3 Å². The highest BCUT2D eigenvalue weighted by Crippen LogP contribution is 1.64. The van der Waals surface area contributed by atoms with Crippen LogP contribution in [0.25, 0.3) is 0 Å². The molecule has 0 aromatic carbocycles. The average molecular weight is 151 g/mol. The molecule has 6 nitrogen and oxygen atoms in total. The van der Waals surface area contributed by atoms with E-state index in [4.69, 9.17) is 0 Å². The maximum absolute atomic E-state index is 4.36. The van der Waals surface area contributed by atoms with Crippen LogP contribution in [0, 0.1) is 0 Å². The average Bonchev–Trinajstić information content (AvgIpc) is 2.64. The predicted molar refractivity (Wildman–Crippen MR) is 34.1 cm³/mol. The van der Waals surface area contributed by atoms with Crippen molar-refractivity contribution in [2.45, 2.75) is 0 Å². The minimum Gasteiger partial charge on any atom is -0.431 e. The van der Waals surface area contributed by atoms with Crippen LogP contribution in [0.4, 0.5) is 0 Å². The van der Waals surface area contributed by atoms with Crippen molar-refractivity contribution in [3.05, 3.63) is 31.5 Å². The largest absolute Gasteiger partial charge is 0.431 e. The Labute approximate surface area is 62.3 Å². The van der Waals surface area contributed by atoms with Crippen LogP contribution in [0.5, 0.6) is 0 Å². The minimum absolute atomic E-state index is 1.26. The normalized spacial score (nSPS) is 8.00. The molecule has 6 heteroatoms. The van der Waals surface area contributed by atoms with Gasteiger partial charge in [-0.1, -0.05) is 0 Å². The summed E-state index contributed by atoms with van der Waals surface area (Å²) in [6.07, 6.45) is 7.02. The van der Waals surface area contributed by atoms with Gasteiger partial charge in [0.25, 0.3) is 0 Å². The molecular formula is C5H5N5O. The lowest BCUT2D eigenvalue weighted by Crippen LogP contribution is -1.75. The van der Waals surface area contributed by atoms with Crippen LogP contribution in [-0.4, -0.2) is 25.4 Å². The maximum atomic E-state index is 4.36. The lowest BCUT2D eigenvalue weighted by molar-refractivity contribution is 0.553. The molecular weight excluding hydrogens is 146 g/mol. The van der Waals surface area contributed by atoms with Gasteiger partial charge in [0.05, 0.1) is 6.20 Å². The van der Waals surface area contributed by atoms with Crippen LogP contribution in [0.2, 0.25) is 0 Å². The standard InChI is InChI=1S/C3H3N3.C2H2N2O/c1-2-5-6-3-4-1;1-3-4-2-5-1/h1-3H;1-2H. The van der Waals surface area contributed by atoms with E-state index in [0.717, 1.165) is 0 Å². The lowest BCUT2D eigenvalue weighted by Gasteiger charge is -1.69. The summed E-state index contributed by atoms with van der Waals surface area (Å²) in [5, 5.41) is 13.5. The first-order valence-electron chi connectivity index (χ1n) is 2.75. The molecule has 0 atom stereocenters. The van der Waals surface area contributed by atoms with Crippen molar-refractivity contribution in [3.63, 3.8) is 0 Å². The second-order valence-electron chi connectivity index (χ2n) is 1.37. The smallest absolute Gasteiger partial charge is 0.203 e. The third kappa shape index (κ3) is 3.68. The van der Waals surface area contributed by atoms with E-state index in [1.54, 1.807) is 6.20 Å². The predicted octanol–water partition coefficient (Wildman–Crippen LogP) is -0.0588. The molecule has 2 aromatic rings. The number of nitrogens with zero attached hydrogens (tertiary/aromatic N) is 5. The van der Waals surface area contributed by atoms with E-state index in [2.05, 4.69) is 29.8 Å². The van der Waals surface area contributed by atoms with Crippen LogP contribution in [-0.2, 0) is 0 Å². The Balaban J connectivity index is 0.000000112. The Morgan fingerprint density at radius 3 is 1.82 bits per heavy atom. The van der Waals surface area contributed by atoms with Gasteiger partial charge in [0.2, 0.25) is 12.8 Å². The van der Waals surface area contributed by atoms with Gasteiger partial charge in [0.15, 0.2) is 0 Å². The van der Waals surface area contributed by atoms with Crippen LogP contribution in [0.3, 0.4) is 0 Å². The summed E-state index contributed by atoms with van der Waals surface area (Å²) >= 11 is 0. The van der Waals surface area contributed by atoms with Gasteiger partial charge in [0, 0.05) is 6.20 Å². The van der Waals surface area contributed by atoms with E-state index < -0.39 is 0 Å². The molecule has 0 aliphatic rings. The van der Waals surface area contributed by atoms with Gasteiger partial charge in [0.1, 0.15) is 6.33 Å². The van der Waals surface area contributed by atoms with E-state index in [9.17, 15) is 0 Å². The first kappa shape index (κ1) is 7.26. The zero-order valence-corrected chi connectivity index (χ0v) is 5.53. The van der Waals surface area contributed by atoms with Gasteiger partial charge < -0.3 is 4.42 Å². The summed E-state index contributed by atoms with van der Waals surface area (Å²) in [6.45, 7) is 0. The molecule has 0 saturated carbocycles. The van der Waals surface area contributed by atoms with Crippen molar-refractivity contribution >= 4 is 0 Å². The Morgan fingerprint density at radius 1 is 0.818 bits per heavy atom. The summed E-state index contributed by atoms with van der Waals surface area (Å²) in [7, 11) is 0. The first-order valence-corrected chi connectivity index (χ1v) is 2.75. The highest BCUT2D eigenvalue weighted by Gasteiger charge is 1.61. The third-order valence-electron chi connectivity index (χ3n) is 0.687. The van der Waals surface area contributed by atoms with E-state index in [-0.39, 0.29) is 0 Å². The molecule has 11 heavy (non-hydrogen) atoms. The monoisotopic (exact) mass is 151 g/mol. The molecule has 0 spiro atoms. The summed E-state index contributed by atoms with van der Waals surface area (Å²) in [6, 6.07) is 0. The topological polar surface area (TPSA) is 77.6 Å². The number of rotatable bonds is 0. The Kier molecular flexibility index (Phi) is 3.28. The Morgan fingerprint density at radius 2 is 1.64 bits per heavy atom. The van der Waals surface area contributed by atoms with E-state index >= 15 is 0 Å². The van der Waals surface area contributed by atoms with Crippen molar-refractivity contribution in [2.75, 3.05) is 0 Å². The molecule has 2 rings (SSSR count). The fraction of sp³-hybridized carbons (Fsp3) is 0. The SMILES string of the molecule is c1cnncn1.c1nnco1. The molecule has 0 aliphatic carbocycles. The van der Waals surface area contributed by atoms with Crippen molar-refractivity contribution in [1.82, 2.24) is 25.4 Å². The number of aromatic nitrogens is 5. The van der Waals surface area contributed by atoms with Gasteiger partial charge in [-0.2, -0.15) is 5.10 Å². The van der Waals surface area contributed by atoms with Gasteiger partial charge in [-0.05, 0) is 0 Å². The molecule has 0 radical (unpaired) electrons. The molecule has 2 heterocycles. The third-order valence-corrected chi connectivity index (χ3v) is 0.687. The fourth-order valence-corrected chi connectivity index (χ4v) is 0.341. The maximum Gasteiger partial charge on any atom is 0.203 e. The quantitative estimate of drug-likeness (QED) is 0.525. The molecule has 0 unspecified atom stereocenters. The van der Waals surface area contributed by atoms with Gasteiger partial charge >= 0.3 is 0 Å². The summed E-state index contributed by atoms with van der Waals surface area (Å²) in [4.78, 5) is 3.61. The van der Waals surface area contributed by atoms with Crippen LogP contribution >= 0.6 is 0 Å². The van der Waals surface area contributed by atoms with E-state index in [0.29, 0.717) is 0 Å². The lowest BCUT2D eigenvalue weighted by atomic mass is 10.9. The number of hydrogen-bond acceptors (Lipinski definition) is 6. The zero-order valence-electron chi connectivity index (χ0n) is 5.53. The fourth-order valence-electron chi connectivity index (χ4n) is 0.341. The van der Waals surface area contributed by atoms with Crippen LogP contribution in [0.1, 0.15) is 0 Å². The molecule has 0 aliphatic heterocycles. The minimum atomic E-state index is 1.26. The molecule has 0 amide bonds. The Bertz CT molecular complexity index is 201. The zero-order chi connectivity index (χ0) is 7.78. The highest BCUT2D eigenvalue weighted by atomic mass is 16.3. The van der Waals surface area contributed by atoms with Gasteiger partial charge in [-0.15, -0.1) is 15.3 Å². The van der Waals surface area contributed by atoms with Gasteiger partial charge in [-0.25, -0.2) is 4.98 Å². The highest BCUT2D eigenvalue weighted by molar-refractivity contribution is 4.59. The van der Waals surface area contributed by atoms with Gasteiger partial charge in [-0.3, -0.25) is 0 Å². The van der Waals surface area contributed by atoms with Crippen molar-refractivity contribution in [2.24, 2.45) is 0 Å². The molecule has 2 aromatic heterocycles. The number of hydrogen-bond donors (Lipinski definition) is 0. The first-order chi connectivity index (χ1) is 5.50. The molecule has 0 saturated heterocycles. The van der Waals surface area contributed by atoms with E-state index in [1.807, 2.05) is 0 Å². The van der Waals surface area contributed by atoms with Crippen molar-refractivity contribution < 1.29 is 4.42 Å².